The fourth-order valence-corrected chi connectivity index (χ4v) is 1.85. The van der Waals surface area contributed by atoms with E-state index in [2.05, 4.69) is 9.97 Å². The molecule has 21 heavy (non-hydrogen) atoms. The van der Waals surface area contributed by atoms with Gasteiger partial charge in [0.15, 0.2) is 5.82 Å². The summed E-state index contributed by atoms with van der Waals surface area (Å²) in [7, 11) is 1.89. The fourth-order valence-electron chi connectivity index (χ4n) is 1.85. The zero-order chi connectivity index (χ0) is 15.2. The molecule has 0 bridgehead atoms. The Hall–Kier alpha value is -2.63. The van der Waals surface area contributed by atoms with E-state index in [1.807, 2.05) is 18.9 Å². The van der Waals surface area contributed by atoms with Gasteiger partial charge in [-0.15, -0.1) is 0 Å². The molecule has 1 heterocycles. The predicted molar refractivity (Wildman–Crippen MR) is 78.7 cm³/mol. The summed E-state index contributed by atoms with van der Waals surface area (Å²) in [6, 6.07) is 6.77. The minimum absolute atomic E-state index is 0.277. The summed E-state index contributed by atoms with van der Waals surface area (Å²) in [6.07, 6.45) is 3.23. The van der Waals surface area contributed by atoms with Gasteiger partial charge in [-0.05, 0) is 24.6 Å². The second kappa shape index (κ2) is 6.69. The minimum Gasteiger partial charge on any atom is -0.478 e. The number of hydrogen-bond acceptors (Lipinski definition) is 5. The predicted octanol–water partition coefficient (Wildman–Crippen LogP) is 2.21. The summed E-state index contributed by atoms with van der Waals surface area (Å²) in [4.78, 5) is 21.2. The van der Waals surface area contributed by atoms with Gasteiger partial charge in [0.2, 0.25) is 5.88 Å². The number of carboxylic acid groups (broad SMARTS) is 1. The van der Waals surface area contributed by atoms with Crippen molar-refractivity contribution in [2.45, 2.75) is 13.5 Å². The number of anilines is 1. The Morgan fingerprint density at radius 2 is 2.00 bits per heavy atom. The van der Waals surface area contributed by atoms with Crippen LogP contribution in [0.5, 0.6) is 5.88 Å². The van der Waals surface area contributed by atoms with Gasteiger partial charge in [0, 0.05) is 13.6 Å². The Balaban J connectivity index is 2.08. The molecule has 1 aromatic heterocycles. The first kappa shape index (κ1) is 14.8. The molecule has 0 amide bonds. The van der Waals surface area contributed by atoms with Crippen LogP contribution in [0.3, 0.4) is 0 Å². The Morgan fingerprint density at radius 3 is 2.62 bits per heavy atom. The number of nitrogens with zero attached hydrogens (tertiary/aromatic N) is 3. The van der Waals surface area contributed by atoms with Crippen LogP contribution in [0, 0.1) is 0 Å². The third kappa shape index (κ3) is 3.92. The fraction of sp³-hybridized carbons (Fsp3) is 0.267. The van der Waals surface area contributed by atoms with E-state index in [1.165, 1.54) is 0 Å². The summed E-state index contributed by atoms with van der Waals surface area (Å²) >= 11 is 0. The highest BCUT2D eigenvalue weighted by molar-refractivity contribution is 5.87. The largest absolute Gasteiger partial charge is 0.478 e. The molecule has 0 saturated heterocycles. The number of rotatable bonds is 6. The first-order chi connectivity index (χ1) is 10.1. The van der Waals surface area contributed by atoms with Crippen molar-refractivity contribution in [2.75, 3.05) is 18.6 Å². The van der Waals surface area contributed by atoms with E-state index in [0.717, 1.165) is 5.56 Å². The highest BCUT2D eigenvalue weighted by atomic mass is 16.5. The molecule has 0 radical (unpaired) electrons. The van der Waals surface area contributed by atoms with Crippen molar-refractivity contribution in [3.05, 3.63) is 47.8 Å². The lowest BCUT2D eigenvalue weighted by Gasteiger charge is -2.18. The molecular formula is C15H17N3O3. The van der Waals surface area contributed by atoms with E-state index in [4.69, 9.17) is 9.84 Å². The normalized spacial score (nSPS) is 10.2. The summed E-state index contributed by atoms with van der Waals surface area (Å²) in [6.45, 7) is 3.03. The van der Waals surface area contributed by atoms with Crippen LogP contribution in [0.25, 0.3) is 0 Å². The molecule has 6 heteroatoms. The molecule has 0 saturated carbocycles. The number of aromatic nitrogens is 2. The standard InChI is InChI=1S/C15H17N3O3/c1-3-21-14-9-16-8-13(17-14)18(2)10-11-4-6-12(7-5-11)15(19)20/h4-9H,3,10H2,1-2H3,(H,19,20). The third-order valence-electron chi connectivity index (χ3n) is 2.90. The molecule has 1 N–H and O–H groups in total. The number of benzene rings is 1. The van der Waals surface area contributed by atoms with Gasteiger partial charge < -0.3 is 14.7 Å². The van der Waals surface area contributed by atoms with Gasteiger partial charge in [-0.1, -0.05) is 12.1 Å². The van der Waals surface area contributed by atoms with Crippen molar-refractivity contribution in [2.24, 2.45) is 0 Å². The maximum atomic E-state index is 10.8. The molecule has 0 aliphatic heterocycles. The average molecular weight is 287 g/mol. The van der Waals surface area contributed by atoms with Crippen molar-refractivity contribution in [1.82, 2.24) is 9.97 Å². The molecule has 0 aliphatic rings. The smallest absolute Gasteiger partial charge is 0.335 e. The highest BCUT2D eigenvalue weighted by Gasteiger charge is 2.07. The highest BCUT2D eigenvalue weighted by Crippen LogP contribution is 2.15. The first-order valence-electron chi connectivity index (χ1n) is 6.58. The number of hydrogen-bond donors (Lipinski definition) is 1. The van der Waals surface area contributed by atoms with Crippen LogP contribution in [-0.2, 0) is 6.54 Å². The second-order valence-electron chi connectivity index (χ2n) is 4.51. The summed E-state index contributed by atoms with van der Waals surface area (Å²) < 4.78 is 5.32. The van der Waals surface area contributed by atoms with E-state index >= 15 is 0 Å². The van der Waals surface area contributed by atoms with Crippen molar-refractivity contribution in [3.63, 3.8) is 0 Å². The molecule has 0 unspecified atom stereocenters. The molecule has 0 fully saturated rings. The van der Waals surface area contributed by atoms with E-state index in [1.54, 1.807) is 36.7 Å². The zero-order valence-electron chi connectivity index (χ0n) is 12.0. The van der Waals surface area contributed by atoms with Crippen LogP contribution >= 0.6 is 0 Å². The van der Waals surface area contributed by atoms with Gasteiger partial charge in [0.05, 0.1) is 24.6 Å². The monoisotopic (exact) mass is 287 g/mol. The van der Waals surface area contributed by atoms with E-state index in [-0.39, 0.29) is 5.56 Å². The van der Waals surface area contributed by atoms with Crippen molar-refractivity contribution < 1.29 is 14.6 Å². The molecule has 0 spiro atoms. The Morgan fingerprint density at radius 1 is 1.29 bits per heavy atom. The van der Waals surface area contributed by atoms with Gasteiger partial charge in [-0.3, -0.25) is 4.98 Å². The van der Waals surface area contributed by atoms with Crippen LogP contribution < -0.4 is 9.64 Å². The van der Waals surface area contributed by atoms with Crippen LogP contribution in [0.4, 0.5) is 5.82 Å². The lowest BCUT2D eigenvalue weighted by Crippen LogP contribution is -2.18. The zero-order valence-corrected chi connectivity index (χ0v) is 12.0. The summed E-state index contributed by atoms with van der Waals surface area (Å²) in [5.74, 6) is 0.261. The number of ether oxygens (including phenoxy) is 1. The first-order valence-corrected chi connectivity index (χ1v) is 6.58. The number of carbonyl (C=O) groups is 1. The van der Waals surface area contributed by atoms with Crippen LogP contribution in [0.15, 0.2) is 36.7 Å². The Labute approximate surface area is 123 Å². The molecule has 2 rings (SSSR count). The third-order valence-corrected chi connectivity index (χ3v) is 2.90. The maximum Gasteiger partial charge on any atom is 0.335 e. The SMILES string of the molecule is CCOc1cncc(N(C)Cc2ccc(C(=O)O)cc2)n1. The van der Waals surface area contributed by atoms with Gasteiger partial charge in [-0.2, -0.15) is 4.98 Å². The van der Waals surface area contributed by atoms with E-state index in [0.29, 0.717) is 24.8 Å². The van der Waals surface area contributed by atoms with Crippen LogP contribution in [0.1, 0.15) is 22.8 Å². The summed E-state index contributed by atoms with van der Waals surface area (Å²) in [5.41, 5.74) is 1.27. The lowest BCUT2D eigenvalue weighted by atomic mass is 10.1. The molecule has 0 atom stereocenters. The molecule has 1 aromatic carbocycles. The molecule has 6 nitrogen and oxygen atoms in total. The topological polar surface area (TPSA) is 75.5 Å². The Kier molecular flexibility index (Phi) is 4.71. The van der Waals surface area contributed by atoms with Gasteiger partial charge in [0.25, 0.3) is 0 Å². The van der Waals surface area contributed by atoms with Crippen molar-refractivity contribution in [1.29, 1.82) is 0 Å². The van der Waals surface area contributed by atoms with Crippen LogP contribution in [0.2, 0.25) is 0 Å². The van der Waals surface area contributed by atoms with Gasteiger partial charge >= 0.3 is 5.97 Å². The second-order valence-corrected chi connectivity index (χ2v) is 4.51. The van der Waals surface area contributed by atoms with Crippen LogP contribution in [-0.4, -0.2) is 34.7 Å². The van der Waals surface area contributed by atoms with Gasteiger partial charge in [-0.25, -0.2) is 4.79 Å². The number of aromatic carboxylic acids is 1. The maximum absolute atomic E-state index is 10.8. The lowest BCUT2D eigenvalue weighted by molar-refractivity contribution is 0.0697. The molecule has 110 valence electrons. The minimum atomic E-state index is -0.926. The molecule has 0 aliphatic carbocycles. The Bertz CT molecular complexity index is 614. The molecular weight excluding hydrogens is 270 g/mol. The molecule has 2 aromatic rings. The summed E-state index contributed by atoms with van der Waals surface area (Å²) in [5, 5.41) is 8.87. The quantitative estimate of drug-likeness (QED) is 0.878. The average Bonchev–Trinajstić information content (AvgIpc) is 2.48. The van der Waals surface area contributed by atoms with Crippen molar-refractivity contribution in [3.8, 4) is 5.88 Å². The van der Waals surface area contributed by atoms with E-state index < -0.39 is 5.97 Å². The van der Waals surface area contributed by atoms with Crippen molar-refractivity contribution >= 4 is 11.8 Å². The van der Waals surface area contributed by atoms with Gasteiger partial charge in [0.1, 0.15) is 0 Å². The number of carboxylic acids is 1. The van der Waals surface area contributed by atoms with E-state index in [9.17, 15) is 4.79 Å².